The second-order valence-corrected chi connectivity index (χ2v) is 8.95. The van der Waals surface area contributed by atoms with Gasteiger partial charge in [0.25, 0.3) is 3.79 Å². The van der Waals surface area contributed by atoms with E-state index >= 15 is 0 Å². The van der Waals surface area contributed by atoms with Crippen molar-refractivity contribution in [1.82, 2.24) is 0 Å². The van der Waals surface area contributed by atoms with E-state index in [4.69, 9.17) is 63.9 Å². The zero-order chi connectivity index (χ0) is 24.1. The fraction of sp³-hybridized carbons (Fsp3) is 0.474. The van der Waals surface area contributed by atoms with Gasteiger partial charge in [0.15, 0.2) is 12.2 Å². The van der Waals surface area contributed by atoms with Crippen LogP contribution in [0.25, 0.3) is 0 Å². The van der Waals surface area contributed by atoms with Crippen molar-refractivity contribution in [3.8, 4) is 0 Å². The molecule has 4 atom stereocenters. The van der Waals surface area contributed by atoms with Gasteiger partial charge in [-0.1, -0.05) is 54.5 Å². The zero-order valence-electron chi connectivity index (χ0n) is 17.0. The first-order valence-corrected chi connectivity index (χ1v) is 9.82. The molecule has 31 heavy (non-hydrogen) atoms. The van der Waals surface area contributed by atoms with Gasteiger partial charge in [-0.15, -0.1) is 0 Å². The predicted molar refractivity (Wildman–Crippen MR) is 113 cm³/mol. The molecule has 0 spiro atoms. The molecule has 1 fully saturated rings. The van der Waals surface area contributed by atoms with Crippen molar-refractivity contribution in [3.05, 3.63) is 36.5 Å². The molecule has 0 aliphatic carbocycles. The quantitative estimate of drug-likeness (QED) is 0.142. The molecule has 0 bridgehead atoms. The highest BCUT2D eigenvalue weighted by molar-refractivity contribution is 6.76. The summed E-state index contributed by atoms with van der Waals surface area (Å²) in [5.41, 5.74) is 0.0889. The van der Waals surface area contributed by atoms with E-state index in [0.29, 0.717) is 0 Å². The summed E-state index contributed by atoms with van der Waals surface area (Å²) in [4.78, 5) is 36.4. The highest BCUT2D eigenvalue weighted by Gasteiger charge is 2.50. The second kappa shape index (κ2) is 11.0. The maximum atomic E-state index is 12.2. The summed E-state index contributed by atoms with van der Waals surface area (Å²) < 4.78 is 24.3. The third kappa shape index (κ3) is 7.84. The Morgan fingerprint density at radius 1 is 0.839 bits per heavy atom. The Morgan fingerprint density at radius 2 is 1.26 bits per heavy atom. The second-order valence-electron chi connectivity index (χ2n) is 6.67. The Labute approximate surface area is 194 Å². The van der Waals surface area contributed by atoms with Crippen LogP contribution in [0.5, 0.6) is 0 Å². The summed E-state index contributed by atoms with van der Waals surface area (Å²) in [6.45, 7) is 14.2. The normalized spacial score (nSPS) is 23.2. The monoisotopic (exact) mass is 497 g/mol. The topological polar surface area (TPSA) is 121 Å². The van der Waals surface area contributed by atoms with Crippen molar-refractivity contribution in [3.63, 3.8) is 0 Å². The lowest BCUT2D eigenvalue weighted by Crippen LogP contribution is -2.59. The number of rotatable bonds is 7. The number of carbonyl (C=O) groups excluding carboxylic acids is 3. The molecule has 9 nitrogen and oxygen atoms in total. The van der Waals surface area contributed by atoms with Crippen LogP contribution in [0.3, 0.4) is 0 Å². The zero-order valence-corrected chi connectivity index (χ0v) is 19.3. The average molecular weight is 499 g/mol. The molecule has 12 heteroatoms. The van der Waals surface area contributed by atoms with Crippen LogP contribution in [0, 0.1) is 5.41 Å². The predicted octanol–water partition coefficient (Wildman–Crippen LogP) is 3.17. The van der Waals surface area contributed by atoms with Crippen LogP contribution < -0.4 is 0 Å². The molecule has 1 saturated heterocycles. The van der Waals surface area contributed by atoms with Crippen LogP contribution in [0.15, 0.2) is 36.5 Å². The maximum Gasteiger partial charge on any atom is 0.333 e. The molecule has 0 unspecified atom stereocenters. The van der Waals surface area contributed by atoms with Crippen molar-refractivity contribution in [1.29, 1.82) is 5.41 Å². The van der Waals surface area contributed by atoms with Crippen LogP contribution in [-0.4, -0.2) is 58.8 Å². The number of halogens is 3. The molecule has 1 N–H and O–H groups in total. The number of ether oxygens (including phenoxy) is 5. The van der Waals surface area contributed by atoms with Gasteiger partial charge in [-0.3, -0.25) is 5.41 Å². The van der Waals surface area contributed by atoms with Crippen LogP contribution in [0.4, 0.5) is 0 Å². The molecule has 0 radical (unpaired) electrons. The molecule has 1 aliphatic heterocycles. The maximum absolute atomic E-state index is 12.2. The minimum atomic E-state index is -2.25. The molecular formula is C19H22Cl3NO8. The van der Waals surface area contributed by atoms with Gasteiger partial charge in [0.1, 0.15) is 0 Å². The largest absolute Gasteiger partial charge is 0.452 e. The molecule has 1 rings (SSSR count). The van der Waals surface area contributed by atoms with E-state index in [1.54, 1.807) is 0 Å². The van der Waals surface area contributed by atoms with Gasteiger partial charge in [0.05, 0.1) is 6.61 Å². The number of hydrogen-bond donors (Lipinski definition) is 1. The summed E-state index contributed by atoms with van der Waals surface area (Å²) in [6, 6.07) is 0. The van der Waals surface area contributed by atoms with Crippen molar-refractivity contribution >= 4 is 58.6 Å². The van der Waals surface area contributed by atoms with Crippen molar-refractivity contribution in [2.24, 2.45) is 0 Å². The first-order valence-electron chi connectivity index (χ1n) is 8.68. The Bertz CT molecular complexity index is 804. The lowest BCUT2D eigenvalue weighted by Gasteiger charge is -2.40. The summed E-state index contributed by atoms with van der Waals surface area (Å²) in [6.07, 6.45) is -5.72. The highest BCUT2D eigenvalue weighted by Crippen LogP contribution is 2.32. The third-order valence-electron chi connectivity index (χ3n) is 3.66. The minimum Gasteiger partial charge on any atom is -0.452 e. The molecule has 0 aromatic rings. The Balaban J connectivity index is 3.34. The molecule has 0 saturated carbocycles. The van der Waals surface area contributed by atoms with E-state index in [9.17, 15) is 14.4 Å². The van der Waals surface area contributed by atoms with Gasteiger partial charge in [0.2, 0.25) is 18.3 Å². The lowest BCUT2D eigenvalue weighted by atomic mass is 10.0. The van der Waals surface area contributed by atoms with Crippen molar-refractivity contribution in [2.75, 3.05) is 6.61 Å². The minimum absolute atomic E-state index is 0.00114. The summed E-state index contributed by atoms with van der Waals surface area (Å²) in [5.74, 6) is -3.41. The van der Waals surface area contributed by atoms with E-state index in [2.05, 4.69) is 19.7 Å². The van der Waals surface area contributed by atoms with Gasteiger partial charge >= 0.3 is 17.9 Å². The van der Waals surface area contributed by atoms with Crippen LogP contribution in [-0.2, 0) is 38.1 Å². The van der Waals surface area contributed by atoms with E-state index in [-0.39, 0.29) is 23.3 Å². The summed E-state index contributed by atoms with van der Waals surface area (Å²) >= 11 is 16.9. The number of nitrogens with one attached hydrogen (secondary N) is 1. The van der Waals surface area contributed by atoms with Crippen LogP contribution >= 0.6 is 34.8 Å². The fourth-order valence-corrected chi connectivity index (χ4v) is 2.22. The molecule has 0 aromatic heterocycles. The Kier molecular flexibility index (Phi) is 9.56. The van der Waals surface area contributed by atoms with Gasteiger partial charge < -0.3 is 23.7 Å². The van der Waals surface area contributed by atoms with Crippen molar-refractivity contribution in [2.45, 2.75) is 49.2 Å². The molecule has 1 aliphatic rings. The molecule has 0 aromatic carbocycles. The third-order valence-corrected chi connectivity index (χ3v) is 4.18. The summed E-state index contributed by atoms with van der Waals surface area (Å²) in [5, 5.41) is 7.75. The van der Waals surface area contributed by atoms with E-state index in [1.165, 1.54) is 20.8 Å². The molecular weight excluding hydrogens is 477 g/mol. The number of carbonyl (C=O) groups is 3. The number of alkyl halides is 3. The summed E-state index contributed by atoms with van der Waals surface area (Å²) in [7, 11) is 0. The highest BCUT2D eigenvalue weighted by atomic mass is 35.6. The molecule has 0 amide bonds. The average Bonchev–Trinajstić information content (AvgIpc) is 2.64. The van der Waals surface area contributed by atoms with Gasteiger partial charge in [-0.2, -0.15) is 0 Å². The van der Waals surface area contributed by atoms with Gasteiger partial charge in [-0.25, -0.2) is 14.4 Å². The Hall–Kier alpha value is -2.07. The SMILES string of the molecule is C=C(C)C(=O)O[C@@H]1[C@@H](OC(=O)C(=C)C)[C@@H](OC(=N)C(Cl)(Cl)Cl)OC[C@H]1OC(=O)C(=C)C. The molecule has 1 heterocycles. The molecule has 172 valence electrons. The first-order chi connectivity index (χ1) is 14.1. The van der Waals surface area contributed by atoms with E-state index in [0.717, 1.165) is 0 Å². The van der Waals surface area contributed by atoms with Crippen molar-refractivity contribution < 1.29 is 38.1 Å². The Morgan fingerprint density at radius 3 is 1.68 bits per heavy atom. The first kappa shape index (κ1) is 27.0. The van der Waals surface area contributed by atoms with E-state index in [1.807, 2.05) is 0 Å². The van der Waals surface area contributed by atoms with Gasteiger partial charge in [0, 0.05) is 16.7 Å². The lowest BCUT2D eigenvalue weighted by molar-refractivity contribution is -0.262. The number of hydrogen-bond acceptors (Lipinski definition) is 9. The van der Waals surface area contributed by atoms with Gasteiger partial charge in [-0.05, 0) is 20.8 Å². The smallest absolute Gasteiger partial charge is 0.333 e. The van der Waals surface area contributed by atoms with Crippen LogP contribution in [0.1, 0.15) is 20.8 Å². The standard InChI is InChI=1S/C19H22Cl3NO8/c1-8(2)14(24)28-11-7-27-17(31-18(23)19(20,21)22)13(30-16(26)10(5)6)12(11)29-15(25)9(3)4/h11-13,17,23H,1,3,5,7H2,2,4,6H3/t11-,12+,13-,17-/m1/s1. The fourth-order valence-electron chi connectivity index (χ4n) is 2.08. The van der Waals surface area contributed by atoms with E-state index < -0.39 is 52.2 Å². The van der Waals surface area contributed by atoms with Crippen LogP contribution in [0.2, 0.25) is 0 Å². The number of esters is 3.